The van der Waals surface area contributed by atoms with Crippen LogP contribution in [0.25, 0.3) is 0 Å². The lowest BCUT2D eigenvalue weighted by Gasteiger charge is -2.21. The quantitative estimate of drug-likeness (QED) is 0.0222. The summed E-state index contributed by atoms with van der Waals surface area (Å²) in [4.78, 5) is 72.4. The molecule has 2 unspecified atom stereocenters. The van der Waals surface area contributed by atoms with Gasteiger partial charge in [0, 0.05) is 25.7 Å². The van der Waals surface area contributed by atoms with E-state index >= 15 is 0 Å². The van der Waals surface area contributed by atoms with Gasteiger partial charge in [-0.2, -0.15) is 0 Å². The van der Waals surface area contributed by atoms with E-state index in [1.807, 2.05) is 0 Å². The number of rotatable bonds is 71. The van der Waals surface area contributed by atoms with Crippen LogP contribution in [0, 0.1) is 11.8 Å². The highest BCUT2D eigenvalue weighted by Crippen LogP contribution is 2.45. The zero-order valence-electron chi connectivity index (χ0n) is 59.1. The summed E-state index contributed by atoms with van der Waals surface area (Å²) in [6.45, 7) is 9.56. The Labute approximate surface area is 556 Å². The molecule has 3 N–H and O–H groups in total. The number of aliphatic hydroxyl groups is 1. The van der Waals surface area contributed by atoms with Crippen molar-refractivity contribution in [3.8, 4) is 0 Å². The molecule has 0 saturated heterocycles. The Balaban J connectivity index is 5.17. The lowest BCUT2D eigenvalue weighted by atomic mass is 10.0. The van der Waals surface area contributed by atoms with Crippen LogP contribution in [0.5, 0.6) is 0 Å². The summed E-state index contributed by atoms with van der Waals surface area (Å²) in [6.07, 6.45) is 50.1. The molecule has 91 heavy (non-hydrogen) atoms. The van der Waals surface area contributed by atoms with Crippen molar-refractivity contribution in [1.29, 1.82) is 0 Å². The van der Waals surface area contributed by atoms with E-state index in [4.69, 9.17) is 37.0 Å². The first-order chi connectivity index (χ1) is 43.9. The third kappa shape index (κ3) is 66.5. The molecule has 19 heteroatoms. The monoisotopic (exact) mass is 1340 g/mol. The number of phosphoric acid groups is 2. The van der Waals surface area contributed by atoms with Crippen LogP contribution in [-0.4, -0.2) is 96.7 Å². The molecule has 0 aromatic heterocycles. The van der Waals surface area contributed by atoms with Gasteiger partial charge in [0.05, 0.1) is 26.4 Å². The number of unbranched alkanes of at least 4 members (excludes halogenated alkanes) is 41. The zero-order valence-corrected chi connectivity index (χ0v) is 60.9. The van der Waals surface area contributed by atoms with E-state index in [0.29, 0.717) is 25.7 Å². The van der Waals surface area contributed by atoms with Gasteiger partial charge in [0.15, 0.2) is 12.2 Å². The average Bonchev–Trinajstić information content (AvgIpc) is 3.33. The molecule has 0 amide bonds. The molecule has 0 fully saturated rings. The fourth-order valence-electron chi connectivity index (χ4n) is 10.9. The first-order valence-electron chi connectivity index (χ1n) is 37.5. The molecule has 0 aliphatic rings. The molecule has 0 rings (SSSR count). The maximum absolute atomic E-state index is 13.0. The van der Waals surface area contributed by atoms with Crippen LogP contribution in [0.3, 0.4) is 0 Å². The SMILES string of the molecule is CCCCCCCCCCCC(=O)O[C@H](COC(=O)CCCCCCCCC)COP(=O)(O)OC[C@H](O)COP(=O)(O)OC[C@@H](COC(=O)CCCCCCCCCCCCCCCCC(C)C)OC(=O)CCCCCCCCCCCCCCCCCC(C)C. The highest BCUT2D eigenvalue weighted by atomic mass is 31.2. The molecule has 0 aliphatic carbocycles. The average molecular weight is 1340 g/mol. The van der Waals surface area contributed by atoms with Crippen LogP contribution in [0.4, 0.5) is 0 Å². The third-order valence-electron chi connectivity index (χ3n) is 16.7. The van der Waals surface area contributed by atoms with E-state index < -0.39 is 97.5 Å². The summed E-state index contributed by atoms with van der Waals surface area (Å²) in [5.74, 6) is -0.525. The number of phosphoric ester groups is 2. The second kappa shape index (κ2) is 64.1. The lowest BCUT2D eigenvalue weighted by Crippen LogP contribution is -2.30. The van der Waals surface area contributed by atoms with Crippen LogP contribution < -0.4 is 0 Å². The second-order valence-electron chi connectivity index (χ2n) is 26.9. The first-order valence-corrected chi connectivity index (χ1v) is 40.5. The Morgan fingerprint density at radius 1 is 0.297 bits per heavy atom. The molecule has 17 nitrogen and oxygen atoms in total. The fraction of sp³-hybridized carbons (Fsp3) is 0.944. The number of ether oxygens (including phenoxy) is 4. The van der Waals surface area contributed by atoms with E-state index in [0.717, 1.165) is 115 Å². The van der Waals surface area contributed by atoms with Gasteiger partial charge in [0.2, 0.25) is 0 Å². The number of aliphatic hydroxyl groups excluding tert-OH is 1. The van der Waals surface area contributed by atoms with Crippen molar-refractivity contribution in [1.82, 2.24) is 0 Å². The van der Waals surface area contributed by atoms with Crippen LogP contribution in [-0.2, 0) is 65.4 Å². The third-order valence-corrected chi connectivity index (χ3v) is 18.6. The predicted molar refractivity (Wildman–Crippen MR) is 368 cm³/mol. The van der Waals surface area contributed by atoms with Crippen LogP contribution in [0.1, 0.15) is 369 Å². The van der Waals surface area contributed by atoms with Crippen molar-refractivity contribution in [2.45, 2.75) is 387 Å². The van der Waals surface area contributed by atoms with Gasteiger partial charge in [0.1, 0.15) is 19.3 Å². The topological polar surface area (TPSA) is 237 Å². The van der Waals surface area contributed by atoms with Crippen LogP contribution >= 0.6 is 15.6 Å². The van der Waals surface area contributed by atoms with Crippen molar-refractivity contribution >= 4 is 39.5 Å². The molecule has 540 valence electrons. The molecule has 0 aromatic rings. The van der Waals surface area contributed by atoms with Gasteiger partial charge in [-0.3, -0.25) is 37.3 Å². The minimum absolute atomic E-state index is 0.105. The van der Waals surface area contributed by atoms with E-state index in [9.17, 15) is 43.2 Å². The smallest absolute Gasteiger partial charge is 0.462 e. The second-order valence-corrected chi connectivity index (χ2v) is 29.8. The summed E-state index contributed by atoms with van der Waals surface area (Å²) < 4.78 is 68.2. The minimum Gasteiger partial charge on any atom is -0.462 e. The molecule has 0 aliphatic heterocycles. The zero-order chi connectivity index (χ0) is 67.2. The Morgan fingerprint density at radius 2 is 0.505 bits per heavy atom. The maximum Gasteiger partial charge on any atom is 0.472 e. The van der Waals surface area contributed by atoms with E-state index in [-0.39, 0.29) is 25.7 Å². The predicted octanol–water partition coefficient (Wildman–Crippen LogP) is 20.8. The number of esters is 4. The molecular weight excluding hydrogens is 1200 g/mol. The standard InChI is InChI=1S/C72H140O17P2/c1-7-9-11-13-15-29-38-44-50-56-71(76)88-67(60-82-69(74)54-48-42-34-14-12-10-8-2)62-86-90(78,79)84-58-66(73)59-85-91(80,81)87-63-68(61-83-70(75)55-49-43-37-32-27-23-20-19-22-26-31-36-41-47-53-65(5)6)89-72(77)57-51-45-39-33-28-24-18-16-17-21-25-30-35-40-46-52-64(3)4/h64-68,73H,7-63H2,1-6H3,(H,78,79)(H,80,81)/t66-,67+,68+/m0/s1. The number of hydrogen-bond acceptors (Lipinski definition) is 15. The number of carbonyl (C=O) groups is 4. The van der Waals surface area contributed by atoms with E-state index in [2.05, 4.69) is 41.5 Å². The van der Waals surface area contributed by atoms with Crippen molar-refractivity contribution in [2.75, 3.05) is 39.6 Å². The Hall–Kier alpha value is -1.94. The minimum atomic E-state index is -4.95. The van der Waals surface area contributed by atoms with Crippen molar-refractivity contribution in [3.05, 3.63) is 0 Å². The van der Waals surface area contributed by atoms with Crippen molar-refractivity contribution in [3.63, 3.8) is 0 Å². The van der Waals surface area contributed by atoms with Crippen LogP contribution in [0.2, 0.25) is 0 Å². The van der Waals surface area contributed by atoms with Gasteiger partial charge in [0.25, 0.3) is 0 Å². The van der Waals surface area contributed by atoms with Gasteiger partial charge >= 0.3 is 39.5 Å². The van der Waals surface area contributed by atoms with Gasteiger partial charge in [-0.25, -0.2) is 9.13 Å². The Morgan fingerprint density at radius 3 is 0.747 bits per heavy atom. The highest BCUT2D eigenvalue weighted by molar-refractivity contribution is 7.47. The number of carbonyl (C=O) groups excluding carboxylic acids is 4. The molecule has 0 bridgehead atoms. The van der Waals surface area contributed by atoms with Gasteiger partial charge < -0.3 is 33.8 Å². The molecule has 0 spiro atoms. The van der Waals surface area contributed by atoms with Crippen molar-refractivity contribution < 1.29 is 80.2 Å². The molecule has 5 atom stereocenters. The maximum atomic E-state index is 13.0. The number of hydrogen-bond donors (Lipinski definition) is 3. The van der Waals surface area contributed by atoms with Gasteiger partial charge in [-0.1, -0.05) is 318 Å². The fourth-order valence-corrected chi connectivity index (χ4v) is 12.5. The first kappa shape index (κ1) is 89.1. The molecule has 0 radical (unpaired) electrons. The van der Waals surface area contributed by atoms with Crippen molar-refractivity contribution in [2.24, 2.45) is 11.8 Å². The molecule has 0 aromatic carbocycles. The van der Waals surface area contributed by atoms with Gasteiger partial charge in [-0.05, 0) is 37.5 Å². The summed E-state index contributed by atoms with van der Waals surface area (Å²) in [5, 5.41) is 10.6. The Bertz CT molecular complexity index is 1770. The summed E-state index contributed by atoms with van der Waals surface area (Å²) in [7, 11) is -9.89. The molecule has 0 saturated carbocycles. The Kier molecular flexibility index (Phi) is 62.7. The normalized spacial score (nSPS) is 14.1. The highest BCUT2D eigenvalue weighted by Gasteiger charge is 2.30. The lowest BCUT2D eigenvalue weighted by molar-refractivity contribution is -0.161. The van der Waals surface area contributed by atoms with E-state index in [1.165, 1.54) is 173 Å². The molecule has 0 heterocycles. The largest absolute Gasteiger partial charge is 0.472 e. The van der Waals surface area contributed by atoms with E-state index in [1.54, 1.807) is 0 Å². The summed E-state index contributed by atoms with van der Waals surface area (Å²) in [6, 6.07) is 0. The summed E-state index contributed by atoms with van der Waals surface area (Å²) in [5.41, 5.74) is 0. The van der Waals surface area contributed by atoms with Crippen LogP contribution in [0.15, 0.2) is 0 Å². The summed E-state index contributed by atoms with van der Waals surface area (Å²) >= 11 is 0. The van der Waals surface area contributed by atoms with Gasteiger partial charge in [-0.15, -0.1) is 0 Å². The molecular formula is C72H140O17P2.